The summed E-state index contributed by atoms with van der Waals surface area (Å²) in [5.41, 5.74) is 2.13. The number of hydrogen-bond acceptors (Lipinski definition) is 4. The topological polar surface area (TPSA) is 49.3 Å². The Morgan fingerprint density at radius 3 is 2.31 bits per heavy atom. The molecule has 0 radical (unpaired) electrons. The summed E-state index contributed by atoms with van der Waals surface area (Å²) in [7, 11) is 0. The lowest BCUT2D eigenvalue weighted by atomic mass is 10.1. The number of piperazine rings is 1. The molecule has 166 valence electrons. The second kappa shape index (κ2) is 8.61. The average Bonchev–Trinajstić information content (AvgIpc) is 2.78. The van der Waals surface area contributed by atoms with Crippen LogP contribution in [-0.4, -0.2) is 47.0 Å². The molecule has 2 heterocycles. The number of hydrogen-bond donors (Lipinski definition) is 0. The normalized spacial score (nSPS) is 14.5. The first-order valence-electron chi connectivity index (χ1n) is 10.3. The van der Waals surface area contributed by atoms with E-state index < -0.39 is 17.6 Å². The lowest BCUT2D eigenvalue weighted by Gasteiger charge is -2.35. The van der Waals surface area contributed by atoms with Crippen molar-refractivity contribution < 1.29 is 18.0 Å². The van der Waals surface area contributed by atoms with Gasteiger partial charge in [0.15, 0.2) is 5.82 Å². The number of carbonyl (C=O) groups is 1. The van der Waals surface area contributed by atoms with Gasteiger partial charge in [0, 0.05) is 49.1 Å². The van der Waals surface area contributed by atoms with Crippen molar-refractivity contribution in [3.63, 3.8) is 0 Å². The van der Waals surface area contributed by atoms with E-state index in [1.54, 1.807) is 4.90 Å². The Balaban J connectivity index is 1.48. The molecular formula is C24H23F3N4O. The average molecular weight is 440 g/mol. The molecule has 0 unspecified atom stereocenters. The van der Waals surface area contributed by atoms with Gasteiger partial charge in [-0.05, 0) is 38.1 Å². The van der Waals surface area contributed by atoms with E-state index in [1.165, 1.54) is 12.1 Å². The van der Waals surface area contributed by atoms with Gasteiger partial charge in [0.25, 0.3) is 5.91 Å². The molecule has 5 nitrogen and oxygen atoms in total. The van der Waals surface area contributed by atoms with Gasteiger partial charge in [0.1, 0.15) is 5.82 Å². The molecule has 0 saturated carbocycles. The van der Waals surface area contributed by atoms with Crippen molar-refractivity contribution in [1.29, 1.82) is 0 Å². The summed E-state index contributed by atoms with van der Waals surface area (Å²) in [6, 6.07) is 14.5. The van der Waals surface area contributed by atoms with Crippen LogP contribution in [0.15, 0.2) is 54.6 Å². The minimum atomic E-state index is -4.48. The van der Waals surface area contributed by atoms with E-state index in [-0.39, 0.29) is 5.56 Å². The Morgan fingerprint density at radius 2 is 1.62 bits per heavy atom. The SMILES string of the molecule is Cc1cccc(-c2nc(C)cc(N3CCN(C(=O)c4cccc(C(F)(F)F)c4)CC3)n2)c1. The standard InChI is InChI=1S/C24H23F3N4O/c1-16-5-3-6-18(13-16)22-28-17(2)14-21(29-22)30-9-11-31(12-10-30)23(32)19-7-4-8-20(15-19)24(25,26)27/h3-8,13-15H,9-12H2,1-2H3. The molecule has 1 aliphatic heterocycles. The molecule has 0 aliphatic carbocycles. The van der Waals surface area contributed by atoms with E-state index in [0.29, 0.717) is 32.0 Å². The number of amides is 1. The number of halogens is 3. The maximum atomic E-state index is 13.0. The van der Waals surface area contributed by atoms with Crippen LogP contribution in [0, 0.1) is 13.8 Å². The quantitative estimate of drug-likeness (QED) is 0.590. The minimum Gasteiger partial charge on any atom is -0.353 e. The Hall–Kier alpha value is -3.42. The first-order valence-corrected chi connectivity index (χ1v) is 10.3. The highest BCUT2D eigenvalue weighted by molar-refractivity contribution is 5.94. The Bertz CT molecular complexity index is 1140. The number of benzene rings is 2. The van der Waals surface area contributed by atoms with Gasteiger partial charge in [-0.2, -0.15) is 13.2 Å². The number of carbonyl (C=O) groups excluding carboxylic acids is 1. The maximum absolute atomic E-state index is 13.0. The zero-order valence-electron chi connectivity index (χ0n) is 17.9. The van der Waals surface area contributed by atoms with Gasteiger partial charge in [-0.3, -0.25) is 4.79 Å². The molecule has 1 aliphatic rings. The van der Waals surface area contributed by atoms with Crippen LogP contribution >= 0.6 is 0 Å². The molecule has 4 rings (SSSR count). The molecule has 1 saturated heterocycles. The van der Waals surface area contributed by atoms with Gasteiger partial charge < -0.3 is 9.80 Å². The largest absolute Gasteiger partial charge is 0.416 e. The minimum absolute atomic E-state index is 0.0490. The fourth-order valence-electron chi connectivity index (χ4n) is 3.78. The molecule has 0 N–H and O–H groups in total. The maximum Gasteiger partial charge on any atom is 0.416 e. The van der Waals surface area contributed by atoms with E-state index in [2.05, 4.69) is 9.88 Å². The predicted molar refractivity (Wildman–Crippen MR) is 117 cm³/mol. The predicted octanol–water partition coefficient (Wildman–Crippen LogP) is 4.74. The van der Waals surface area contributed by atoms with Crippen molar-refractivity contribution in [2.45, 2.75) is 20.0 Å². The van der Waals surface area contributed by atoms with Crippen LogP contribution in [0.3, 0.4) is 0 Å². The molecule has 0 atom stereocenters. The molecule has 32 heavy (non-hydrogen) atoms. The zero-order valence-corrected chi connectivity index (χ0v) is 17.9. The van der Waals surface area contributed by atoms with Crippen LogP contribution < -0.4 is 4.90 Å². The lowest BCUT2D eigenvalue weighted by molar-refractivity contribution is -0.137. The monoisotopic (exact) mass is 440 g/mol. The number of aryl methyl sites for hydroxylation is 2. The Morgan fingerprint density at radius 1 is 0.906 bits per heavy atom. The highest BCUT2D eigenvalue weighted by Gasteiger charge is 2.32. The molecule has 1 aromatic heterocycles. The molecule has 0 bridgehead atoms. The fourth-order valence-corrected chi connectivity index (χ4v) is 3.78. The van der Waals surface area contributed by atoms with Gasteiger partial charge in [-0.25, -0.2) is 9.97 Å². The Kier molecular flexibility index (Phi) is 5.86. The molecule has 1 amide bonds. The van der Waals surface area contributed by atoms with E-state index in [4.69, 9.17) is 4.98 Å². The lowest BCUT2D eigenvalue weighted by Crippen LogP contribution is -2.49. The molecule has 0 spiro atoms. The summed E-state index contributed by atoms with van der Waals surface area (Å²) in [6.45, 7) is 5.80. The number of nitrogens with zero attached hydrogens (tertiary/aromatic N) is 4. The van der Waals surface area contributed by atoms with E-state index >= 15 is 0 Å². The molecular weight excluding hydrogens is 417 g/mol. The van der Waals surface area contributed by atoms with Gasteiger partial charge >= 0.3 is 6.18 Å². The summed E-state index contributed by atoms with van der Waals surface area (Å²) < 4.78 is 38.9. The van der Waals surface area contributed by atoms with Crippen LogP contribution in [0.25, 0.3) is 11.4 Å². The van der Waals surface area contributed by atoms with Crippen molar-refractivity contribution in [3.8, 4) is 11.4 Å². The van der Waals surface area contributed by atoms with Gasteiger partial charge in [-0.15, -0.1) is 0 Å². The van der Waals surface area contributed by atoms with Crippen molar-refractivity contribution >= 4 is 11.7 Å². The smallest absolute Gasteiger partial charge is 0.353 e. The summed E-state index contributed by atoms with van der Waals surface area (Å²) in [4.78, 5) is 25.7. The van der Waals surface area contributed by atoms with E-state index in [0.717, 1.165) is 34.8 Å². The number of aromatic nitrogens is 2. The highest BCUT2D eigenvalue weighted by atomic mass is 19.4. The van der Waals surface area contributed by atoms with Gasteiger partial charge in [0.2, 0.25) is 0 Å². The van der Waals surface area contributed by atoms with Crippen LogP contribution in [0.5, 0.6) is 0 Å². The summed E-state index contributed by atoms with van der Waals surface area (Å²) in [6.07, 6.45) is -4.48. The van der Waals surface area contributed by atoms with E-state index in [9.17, 15) is 18.0 Å². The first-order chi connectivity index (χ1) is 15.2. The van der Waals surface area contributed by atoms with Gasteiger partial charge in [-0.1, -0.05) is 29.8 Å². The zero-order chi connectivity index (χ0) is 22.9. The number of anilines is 1. The van der Waals surface area contributed by atoms with Crippen LogP contribution in [0.1, 0.15) is 27.2 Å². The first kappa shape index (κ1) is 21.8. The van der Waals surface area contributed by atoms with Crippen molar-refractivity contribution in [2.75, 3.05) is 31.1 Å². The fraction of sp³-hybridized carbons (Fsp3) is 0.292. The second-order valence-corrected chi connectivity index (χ2v) is 7.92. The highest BCUT2D eigenvalue weighted by Crippen LogP contribution is 2.30. The third-order valence-corrected chi connectivity index (χ3v) is 5.44. The molecule has 2 aromatic carbocycles. The molecule has 8 heteroatoms. The van der Waals surface area contributed by atoms with Crippen LogP contribution in [0.2, 0.25) is 0 Å². The second-order valence-electron chi connectivity index (χ2n) is 7.92. The van der Waals surface area contributed by atoms with Gasteiger partial charge in [0.05, 0.1) is 5.56 Å². The van der Waals surface area contributed by atoms with Crippen molar-refractivity contribution in [1.82, 2.24) is 14.9 Å². The Labute approximate surface area is 184 Å². The van der Waals surface area contributed by atoms with Crippen LogP contribution in [-0.2, 0) is 6.18 Å². The van der Waals surface area contributed by atoms with Crippen molar-refractivity contribution in [3.05, 3.63) is 77.0 Å². The van der Waals surface area contributed by atoms with E-state index in [1.807, 2.05) is 44.2 Å². The summed E-state index contributed by atoms with van der Waals surface area (Å²) in [5.74, 6) is 1.03. The molecule has 3 aromatic rings. The van der Waals surface area contributed by atoms with Crippen molar-refractivity contribution in [2.24, 2.45) is 0 Å². The third-order valence-electron chi connectivity index (χ3n) is 5.44. The third kappa shape index (κ3) is 4.74. The van der Waals surface area contributed by atoms with Crippen LogP contribution in [0.4, 0.5) is 19.0 Å². The number of alkyl halides is 3. The summed E-state index contributed by atoms with van der Waals surface area (Å²) in [5, 5.41) is 0. The number of rotatable bonds is 3. The molecule has 1 fully saturated rings. The summed E-state index contributed by atoms with van der Waals surface area (Å²) >= 11 is 0.